The topological polar surface area (TPSA) is 58.1 Å². The maximum atomic E-state index is 11.7. The van der Waals surface area contributed by atoms with Gasteiger partial charge in [0.15, 0.2) is 0 Å². The molecule has 0 saturated heterocycles. The van der Waals surface area contributed by atoms with Gasteiger partial charge in [-0.25, -0.2) is 4.79 Å². The summed E-state index contributed by atoms with van der Waals surface area (Å²) in [4.78, 5) is 27.9. The summed E-state index contributed by atoms with van der Waals surface area (Å²) in [6, 6.07) is 1.96. The molecule has 0 bridgehead atoms. The van der Waals surface area contributed by atoms with Crippen LogP contribution in [0.5, 0.6) is 0 Å². The van der Waals surface area contributed by atoms with Gasteiger partial charge < -0.3 is 0 Å². The second-order valence-electron chi connectivity index (χ2n) is 4.84. The lowest BCUT2D eigenvalue weighted by Gasteiger charge is -2.30. The van der Waals surface area contributed by atoms with E-state index in [1.807, 2.05) is 0 Å². The third kappa shape index (κ3) is 3.71. The Balaban J connectivity index is 2.87. The number of aromatic nitrogens is 2. The van der Waals surface area contributed by atoms with Crippen LogP contribution in [0.1, 0.15) is 27.7 Å². The van der Waals surface area contributed by atoms with E-state index in [4.69, 9.17) is 11.6 Å². The van der Waals surface area contributed by atoms with Crippen LogP contribution in [0, 0.1) is 0 Å². The van der Waals surface area contributed by atoms with Crippen LogP contribution in [0.15, 0.2) is 15.7 Å². The SMILES string of the molecule is CC(C)N(CCn1c(=O)cc(Cl)[nH]c1=O)C(C)C. The van der Waals surface area contributed by atoms with E-state index in [0.717, 1.165) is 0 Å². The predicted octanol–water partition coefficient (Wildman–Crippen LogP) is 1.31. The van der Waals surface area contributed by atoms with Gasteiger partial charge in [-0.3, -0.25) is 19.2 Å². The zero-order chi connectivity index (χ0) is 13.9. The summed E-state index contributed by atoms with van der Waals surface area (Å²) in [7, 11) is 0. The average Bonchev–Trinajstić information content (AvgIpc) is 2.20. The van der Waals surface area contributed by atoms with Crippen LogP contribution in [0.25, 0.3) is 0 Å². The Kier molecular flexibility index (Phi) is 5.16. The molecule has 1 aromatic rings. The van der Waals surface area contributed by atoms with Crippen LogP contribution in [-0.2, 0) is 6.54 Å². The summed E-state index contributed by atoms with van der Waals surface area (Å²) < 4.78 is 1.17. The summed E-state index contributed by atoms with van der Waals surface area (Å²) in [5, 5.41) is 0.0748. The number of H-pyrrole nitrogens is 1. The smallest absolute Gasteiger partial charge is 0.298 e. The van der Waals surface area contributed by atoms with Crippen molar-refractivity contribution < 1.29 is 0 Å². The van der Waals surface area contributed by atoms with Crippen molar-refractivity contribution in [3.05, 3.63) is 32.1 Å². The van der Waals surface area contributed by atoms with Gasteiger partial charge in [0, 0.05) is 31.2 Å². The Morgan fingerprint density at radius 3 is 2.28 bits per heavy atom. The number of rotatable bonds is 5. The Labute approximate surface area is 111 Å². The number of halogens is 1. The Hall–Kier alpha value is -1.07. The van der Waals surface area contributed by atoms with Crippen molar-refractivity contribution in [1.29, 1.82) is 0 Å². The lowest BCUT2D eigenvalue weighted by Crippen LogP contribution is -2.43. The largest absolute Gasteiger partial charge is 0.329 e. The molecule has 0 amide bonds. The van der Waals surface area contributed by atoms with Crippen LogP contribution in [0.2, 0.25) is 5.15 Å². The molecule has 102 valence electrons. The van der Waals surface area contributed by atoms with Gasteiger partial charge in [0.25, 0.3) is 5.56 Å². The maximum Gasteiger partial charge on any atom is 0.329 e. The molecule has 6 heteroatoms. The molecule has 0 radical (unpaired) electrons. The fourth-order valence-electron chi connectivity index (χ4n) is 2.03. The molecule has 1 heterocycles. The van der Waals surface area contributed by atoms with E-state index in [0.29, 0.717) is 25.2 Å². The Morgan fingerprint density at radius 2 is 1.83 bits per heavy atom. The zero-order valence-corrected chi connectivity index (χ0v) is 12.0. The molecule has 0 spiro atoms. The van der Waals surface area contributed by atoms with Crippen LogP contribution in [-0.4, -0.2) is 33.1 Å². The maximum absolute atomic E-state index is 11.7. The molecule has 0 atom stereocenters. The molecule has 1 N–H and O–H groups in total. The first kappa shape index (κ1) is 15.0. The van der Waals surface area contributed by atoms with E-state index >= 15 is 0 Å². The van der Waals surface area contributed by atoms with Crippen LogP contribution >= 0.6 is 11.6 Å². The summed E-state index contributed by atoms with van der Waals surface area (Å²) in [5.41, 5.74) is -0.823. The van der Waals surface area contributed by atoms with Crippen molar-refractivity contribution in [2.45, 2.75) is 46.3 Å². The van der Waals surface area contributed by atoms with E-state index in [1.165, 1.54) is 10.6 Å². The van der Waals surface area contributed by atoms with Gasteiger partial charge in [0.1, 0.15) is 5.15 Å². The third-order valence-electron chi connectivity index (χ3n) is 2.90. The molecular formula is C12H20ClN3O2. The lowest BCUT2D eigenvalue weighted by molar-refractivity contribution is 0.167. The normalized spacial score (nSPS) is 11.8. The van der Waals surface area contributed by atoms with E-state index < -0.39 is 5.69 Å². The third-order valence-corrected chi connectivity index (χ3v) is 3.10. The van der Waals surface area contributed by atoms with Crippen molar-refractivity contribution in [2.75, 3.05) is 6.54 Å². The first-order chi connectivity index (χ1) is 8.32. The fourth-order valence-corrected chi connectivity index (χ4v) is 2.21. The number of nitrogens with one attached hydrogen (secondary N) is 1. The average molecular weight is 274 g/mol. The predicted molar refractivity (Wildman–Crippen MR) is 73.3 cm³/mol. The molecule has 5 nitrogen and oxygen atoms in total. The quantitative estimate of drug-likeness (QED) is 0.823. The van der Waals surface area contributed by atoms with Gasteiger partial charge in [0.2, 0.25) is 0 Å². The summed E-state index contributed by atoms with van der Waals surface area (Å²) >= 11 is 5.61. The number of nitrogens with zero attached hydrogens (tertiary/aromatic N) is 2. The van der Waals surface area contributed by atoms with Crippen molar-refractivity contribution >= 4 is 11.6 Å². The van der Waals surface area contributed by atoms with Crippen LogP contribution in [0.3, 0.4) is 0 Å². The monoisotopic (exact) mass is 273 g/mol. The van der Waals surface area contributed by atoms with Gasteiger partial charge in [-0.1, -0.05) is 11.6 Å². The Morgan fingerprint density at radius 1 is 1.28 bits per heavy atom. The highest BCUT2D eigenvalue weighted by molar-refractivity contribution is 6.29. The highest BCUT2D eigenvalue weighted by atomic mass is 35.5. The van der Waals surface area contributed by atoms with E-state index in [9.17, 15) is 9.59 Å². The first-order valence-electron chi connectivity index (χ1n) is 6.08. The first-order valence-corrected chi connectivity index (χ1v) is 6.46. The van der Waals surface area contributed by atoms with E-state index in [-0.39, 0.29) is 10.7 Å². The van der Waals surface area contributed by atoms with Crippen LogP contribution < -0.4 is 11.2 Å². The van der Waals surface area contributed by atoms with E-state index in [1.54, 1.807) is 0 Å². The molecule has 0 aliphatic carbocycles. The van der Waals surface area contributed by atoms with Crippen molar-refractivity contribution in [3.63, 3.8) is 0 Å². The minimum absolute atomic E-state index is 0.0748. The van der Waals surface area contributed by atoms with Gasteiger partial charge in [-0.15, -0.1) is 0 Å². The number of hydrogen-bond acceptors (Lipinski definition) is 3. The van der Waals surface area contributed by atoms with Gasteiger partial charge >= 0.3 is 5.69 Å². The molecule has 0 fully saturated rings. The molecule has 1 aromatic heterocycles. The molecule has 0 aromatic carbocycles. The van der Waals surface area contributed by atoms with Crippen molar-refractivity contribution in [3.8, 4) is 0 Å². The fraction of sp³-hybridized carbons (Fsp3) is 0.667. The standard InChI is InChI=1S/C12H20ClN3O2/c1-8(2)15(9(3)4)5-6-16-11(17)7-10(13)14-12(16)18/h7-9H,5-6H2,1-4H3,(H,14,18). The van der Waals surface area contributed by atoms with Gasteiger partial charge in [-0.05, 0) is 27.7 Å². The van der Waals surface area contributed by atoms with Crippen LogP contribution in [0.4, 0.5) is 0 Å². The number of aromatic amines is 1. The lowest BCUT2D eigenvalue weighted by atomic mass is 10.2. The molecule has 0 aliphatic heterocycles. The van der Waals surface area contributed by atoms with Crippen molar-refractivity contribution in [1.82, 2.24) is 14.5 Å². The zero-order valence-electron chi connectivity index (χ0n) is 11.2. The Bertz CT molecular complexity index is 466. The second kappa shape index (κ2) is 6.20. The molecule has 0 aliphatic rings. The van der Waals surface area contributed by atoms with Gasteiger partial charge in [0.05, 0.1) is 0 Å². The summed E-state index contributed by atoms with van der Waals surface area (Å²) in [6.45, 7) is 9.38. The van der Waals surface area contributed by atoms with E-state index in [2.05, 4.69) is 37.6 Å². The molecule has 0 unspecified atom stereocenters. The molecule has 18 heavy (non-hydrogen) atoms. The molecular weight excluding hydrogens is 254 g/mol. The number of hydrogen-bond donors (Lipinski definition) is 1. The summed E-state index contributed by atoms with van der Waals surface area (Å²) in [5.74, 6) is 0. The van der Waals surface area contributed by atoms with Gasteiger partial charge in [-0.2, -0.15) is 0 Å². The highest BCUT2D eigenvalue weighted by Gasteiger charge is 2.14. The highest BCUT2D eigenvalue weighted by Crippen LogP contribution is 2.04. The summed E-state index contributed by atoms with van der Waals surface area (Å²) in [6.07, 6.45) is 0. The minimum atomic E-state index is -0.458. The second-order valence-corrected chi connectivity index (χ2v) is 5.24. The molecule has 0 saturated carbocycles. The minimum Gasteiger partial charge on any atom is -0.298 e. The molecule has 1 rings (SSSR count). The van der Waals surface area contributed by atoms with Crippen molar-refractivity contribution in [2.24, 2.45) is 0 Å².